The van der Waals surface area contributed by atoms with Crippen molar-refractivity contribution in [2.24, 2.45) is 0 Å². The van der Waals surface area contributed by atoms with E-state index in [1.165, 1.54) is 6.42 Å². The van der Waals surface area contributed by atoms with E-state index in [-0.39, 0.29) is 5.91 Å². The molecule has 0 rings (SSSR count). The molecule has 0 radical (unpaired) electrons. The lowest BCUT2D eigenvalue weighted by Gasteiger charge is -2.19. The Hall–Kier alpha value is -0.570. The maximum atomic E-state index is 11.5. The van der Waals surface area contributed by atoms with Gasteiger partial charge in [0.2, 0.25) is 5.91 Å². The Morgan fingerprint density at radius 3 is 2.43 bits per heavy atom. The first kappa shape index (κ1) is 13.4. The maximum absolute atomic E-state index is 11.5. The highest BCUT2D eigenvalue weighted by Crippen LogP contribution is 2.00. The molecule has 1 atom stereocenters. The van der Waals surface area contributed by atoms with Gasteiger partial charge in [0, 0.05) is 19.6 Å². The summed E-state index contributed by atoms with van der Waals surface area (Å²) in [6.45, 7) is 7.57. The lowest BCUT2D eigenvalue weighted by molar-refractivity contribution is -0.128. The van der Waals surface area contributed by atoms with Crippen LogP contribution in [0.4, 0.5) is 0 Å². The number of nitrogens with one attached hydrogen (secondary N) is 1. The van der Waals surface area contributed by atoms with Gasteiger partial charge in [-0.1, -0.05) is 20.3 Å². The van der Waals surface area contributed by atoms with Crippen LogP contribution in [0.3, 0.4) is 0 Å². The maximum Gasteiger partial charge on any atom is 0.236 e. The van der Waals surface area contributed by atoms with Crippen LogP contribution in [0.2, 0.25) is 0 Å². The second-order valence-corrected chi connectivity index (χ2v) is 3.68. The summed E-state index contributed by atoms with van der Waals surface area (Å²) in [7, 11) is 1.84. The molecule has 1 amide bonds. The summed E-state index contributed by atoms with van der Waals surface area (Å²) in [6, 6.07) is 0.495. The third-order valence-corrected chi connectivity index (χ3v) is 2.57. The van der Waals surface area contributed by atoms with Crippen LogP contribution in [0.1, 0.15) is 40.0 Å². The molecular weight excluding hydrogens is 176 g/mol. The lowest BCUT2D eigenvalue weighted by Crippen LogP contribution is -2.39. The second kappa shape index (κ2) is 7.80. The molecule has 14 heavy (non-hydrogen) atoms. The van der Waals surface area contributed by atoms with Gasteiger partial charge in [-0.05, 0) is 19.8 Å². The van der Waals surface area contributed by atoms with Crippen LogP contribution in [-0.4, -0.2) is 37.0 Å². The molecule has 3 nitrogen and oxygen atoms in total. The topological polar surface area (TPSA) is 32.3 Å². The molecule has 0 aromatic rings. The van der Waals surface area contributed by atoms with E-state index in [1.54, 1.807) is 4.90 Å². The van der Waals surface area contributed by atoms with Crippen molar-refractivity contribution < 1.29 is 4.79 Å². The third-order valence-electron chi connectivity index (χ3n) is 2.57. The first-order valence-corrected chi connectivity index (χ1v) is 5.62. The first-order chi connectivity index (χ1) is 6.65. The highest BCUT2D eigenvalue weighted by Gasteiger charge is 2.09. The van der Waals surface area contributed by atoms with Crippen LogP contribution in [0.25, 0.3) is 0 Å². The van der Waals surface area contributed by atoms with Crippen LogP contribution >= 0.6 is 0 Å². The standard InChI is InChI=1S/C11H24N2O/c1-5-8-10(6-2)12-9-11(14)13(4)7-3/h10,12H,5-9H2,1-4H3. The summed E-state index contributed by atoms with van der Waals surface area (Å²) < 4.78 is 0. The zero-order valence-electron chi connectivity index (χ0n) is 9.97. The SMILES string of the molecule is CCCC(CC)NCC(=O)N(C)CC. The summed E-state index contributed by atoms with van der Waals surface area (Å²) >= 11 is 0. The fourth-order valence-electron chi connectivity index (χ4n) is 1.34. The number of carbonyl (C=O) groups is 1. The van der Waals surface area contributed by atoms with Gasteiger partial charge in [-0.15, -0.1) is 0 Å². The predicted molar refractivity (Wildman–Crippen MR) is 60.3 cm³/mol. The molecule has 84 valence electrons. The Bertz CT molecular complexity index is 159. The lowest BCUT2D eigenvalue weighted by atomic mass is 10.1. The van der Waals surface area contributed by atoms with Crippen LogP contribution in [-0.2, 0) is 4.79 Å². The number of carbonyl (C=O) groups excluding carboxylic acids is 1. The molecule has 0 aliphatic rings. The van der Waals surface area contributed by atoms with Gasteiger partial charge in [-0.3, -0.25) is 4.79 Å². The zero-order chi connectivity index (χ0) is 11.0. The predicted octanol–water partition coefficient (Wildman–Crippen LogP) is 1.63. The fourth-order valence-corrected chi connectivity index (χ4v) is 1.34. The summed E-state index contributed by atoms with van der Waals surface area (Å²) in [4.78, 5) is 13.2. The summed E-state index contributed by atoms with van der Waals surface area (Å²) in [5, 5.41) is 3.29. The van der Waals surface area contributed by atoms with Crippen LogP contribution < -0.4 is 5.32 Å². The quantitative estimate of drug-likeness (QED) is 0.677. The fraction of sp³-hybridized carbons (Fsp3) is 0.909. The molecule has 0 heterocycles. The van der Waals surface area contributed by atoms with Crippen molar-refractivity contribution in [2.45, 2.75) is 46.1 Å². The average molecular weight is 200 g/mol. The molecule has 0 saturated heterocycles. The normalized spacial score (nSPS) is 12.6. The van der Waals surface area contributed by atoms with Crippen LogP contribution in [0.5, 0.6) is 0 Å². The zero-order valence-corrected chi connectivity index (χ0v) is 9.97. The van der Waals surface area contributed by atoms with E-state index in [0.29, 0.717) is 12.6 Å². The van der Waals surface area contributed by atoms with Gasteiger partial charge in [0.05, 0.1) is 6.54 Å². The summed E-state index contributed by atoms with van der Waals surface area (Å²) in [5.74, 6) is 0.182. The first-order valence-electron chi connectivity index (χ1n) is 5.62. The number of hydrogen-bond acceptors (Lipinski definition) is 2. The molecular formula is C11H24N2O. The van der Waals surface area contributed by atoms with E-state index in [1.807, 2.05) is 14.0 Å². The van der Waals surface area contributed by atoms with E-state index >= 15 is 0 Å². The smallest absolute Gasteiger partial charge is 0.236 e. The monoisotopic (exact) mass is 200 g/mol. The molecule has 0 aliphatic carbocycles. The molecule has 3 heteroatoms. The van der Waals surface area contributed by atoms with Crippen molar-refractivity contribution in [3.05, 3.63) is 0 Å². The Labute approximate surface area is 87.9 Å². The third kappa shape index (κ3) is 5.22. The van der Waals surface area contributed by atoms with Gasteiger partial charge in [0.1, 0.15) is 0 Å². The second-order valence-electron chi connectivity index (χ2n) is 3.68. The molecule has 0 fully saturated rings. The largest absolute Gasteiger partial charge is 0.345 e. The molecule has 1 unspecified atom stereocenters. The van der Waals surface area contributed by atoms with Crippen LogP contribution in [0.15, 0.2) is 0 Å². The van der Waals surface area contributed by atoms with E-state index in [9.17, 15) is 4.79 Å². The number of nitrogens with zero attached hydrogens (tertiary/aromatic N) is 1. The van der Waals surface area contributed by atoms with Crippen molar-refractivity contribution in [2.75, 3.05) is 20.1 Å². The number of rotatable bonds is 7. The minimum atomic E-state index is 0.182. The molecule has 0 saturated carbocycles. The van der Waals surface area contributed by atoms with E-state index < -0.39 is 0 Å². The van der Waals surface area contributed by atoms with Crippen molar-refractivity contribution in [1.29, 1.82) is 0 Å². The van der Waals surface area contributed by atoms with Gasteiger partial charge in [0.25, 0.3) is 0 Å². The molecule has 1 N–H and O–H groups in total. The Kier molecular flexibility index (Phi) is 7.48. The number of hydrogen-bond donors (Lipinski definition) is 1. The molecule has 0 bridgehead atoms. The van der Waals surface area contributed by atoms with Crippen molar-refractivity contribution in [3.63, 3.8) is 0 Å². The molecule has 0 aromatic carbocycles. The summed E-state index contributed by atoms with van der Waals surface area (Å²) in [6.07, 6.45) is 3.42. The minimum absolute atomic E-state index is 0.182. The Morgan fingerprint density at radius 1 is 1.36 bits per heavy atom. The highest BCUT2D eigenvalue weighted by molar-refractivity contribution is 5.77. The average Bonchev–Trinajstić information content (AvgIpc) is 2.22. The van der Waals surface area contributed by atoms with Crippen molar-refractivity contribution >= 4 is 5.91 Å². The van der Waals surface area contributed by atoms with Gasteiger partial charge < -0.3 is 10.2 Å². The van der Waals surface area contributed by atoms with E-state index in [2.05, 4.69) is 19.2 Å². The highest BCUT2D eigenvalue weighted by atomic mass is 16.2. The Morgan fingerprint density at radius 2 is 2.00 bits per heavy atom. The number of amides is 1. The van der Waals surface area contributed by atoms with E-state index in [4.69, 9.17) is 0 Å². The minimum Gasteiger partial charge on any atom is -0.345 e. The van der Waals surface area contributed by atoms with E-state index in [0.717, 1.165) is 19.4 Å². The summed E-state index contributed by atoms with van der Waals surface area (Å²) in [5.41, 5.74) is 0. The molecule has 0 aliphatic heterocycles. The van der Waals surface area contributed by atoms with Crippen molar-refractivity contribution in [3.8, 4) is 0 Å². The molecule has 0 spiro atoms. The molecule has 0 aromatic heterocycles. The van der Waals surface area contributed by atoms with Gasteiger partial charge in [-0.2, -0.15) is 0 Å². The van der Waals surface area contributed by atoms with Crippen molar-refractivity contribution in [1.82, 2.24) is 10.2 Å². The number of likely N-dealkylation sites (N-methyl/N-ethyl adjacent to an activating group) is 1. The van der Waals surface area contributed by atoms with Gasteiger partial charge in [-0.25, -0.2) is 0 Å². The Balaban J connectivity index is 3.73. The van der Waals surface area contributed by atoms with Crippen LogP contribution in [0, 0.1) is 0 Å². The van der Waals surface area contributed by atoms with Gasteiger partial charge >= 0.3 is 0 Å². The van der Waals surface area contributed by atoms with Gasteiger partial charge in [0.15, 0.2) is 0 Å².